The number of nitrogens with one attached hydrogen (secondary N) is 1. The third kappa shape index (κ3) is 5.13. The highest BCUT2D eigenvalue weighted by molar-refractivity contribution is 7.92. The fourth-order valence-corrected chi connectivity index (χ4v) is 4.42. The standard InChI is InChI=1S/C21H20ClN3O3S/c1-16-7-8-18(22)13-20(16)25(29(27,28)19-5-3-2-4-6-19)15-21(26)24-14-17-9-11-23-12-10-17/h2-13H,14-15H2,1H3,(H,24,26). The van der Waals surface area contributed by atoms with E-state index in [-0.39, 0.29) is 18.0 Å². The largest absolute Gasteiger partial charge is 0.350 e. The summed E-state index contributed by atoms with van der Waals surface area (Å²) in [4.78, 5) is 16.6. The Hall–Kier alpha value is -2.90. The molecule has 1 amide bonds. The molecule has 0 saturated heterocycles. The van der Waals surface area contributed by atoms with Gasteiger partial charge in [0.05, 0.1) is 10.6 Å². The molecule has 0 bridgehead atoms. The predicted molar refractivity (Wildman–Crippen MR) is 113 cm³/mol. The molecule has 0 spiro atoms. The Kier molecular flexibility index (Phi) is 6.51. The molecule has 0 aliphatic rings. The van der Waals surface area contributed by atoms with E-state index in [0.29, 0.717) is 16.3 Å². The minimum atomic E-state index is -3.97. The maximum absolute atomic E-state index is 13.3. The van der Waals surface area contributed by atoms with E-state index < -0.39 is 15.9 Å². The predicted octanol–water partition coefficient (Wildman–Crippen LogP) is 3.56. The van der Waals surface area contributed by atoms with Crippen LogP contribution in [0.2, 0.25) is 5.02 Å². The number of anilines is 1. The van der Waals surface area contributed by atoms with E-state index >= 15 is 0 Å². The average molecular weight is 430 g/mol. The van der Waals surface area contributed by atoms with Crippen LogP contribution < -0.4 is 9.62 Å². The van der Waals surface area contributed by atoms with Gasteiger partial charge in [-0.15, -0.1) is 0 Å². The van der Waals surface area contributed by atoms with Crippen LogP contribution in [-0.4, -0.2) is 25.9 Å². The fraction of sp³-hybridized carbons (Fsp3) is 0.143. The lowest BCUT2D eigenvalue weighted by Crippen LogP contribution is -2.41. The molecule has 6 nitrogen and oxygen atoms in total. The molecule has 29 heavy (non-hydrogen) atoms. The molecular formula is C21H20ClN3O3S. The zero-order chi connectivity index (χ0) is 20.9. The molecule has 1 heterocycles. The number of aromatic nitrogens is 1. The SMILES string of the molecule is Cc1ccc(Cl)cc1N(CC(=O)NCc1ccncc1)S(=O)(=O)c1ccccc1. The van der Waals surface area contributed by atoms with Gasteiger partial charge in [-0.3, -0.25) is 14.1 Å². The van der Waals surface area contributed by atoms with Gasteiger partial charge in [0.15, 0.2) is 0 Å². The topological polar surface area (TPSA) is 79.4 Å². The third-order valence-electron chi connectivity index (χ3n) is 4.30. The first-order chi connectivity index (χ1) is 13.9. The Labute approximate surface area is 175 Å². The number of carbonyl (C=O) groups excluding carboxylic acids is 1. The van der Waals surface area contributed by atoms with Crippen LogP contribution in [0.15, 0.2) is 78.0 Å². The van der Waals surface area contributed by atoms with Crippen molar-refractivity contribution >= 4 is 33.2 Å². The second kappa shape index (κ2) is 9.07. The van der Waals surface area contributed by atoms with Crippen molar-refractivity contribution in [1.29, 1.82) is 0 Å². The number of rotatable bonds is 7. The van der Waals surface area contributed by atoms with Gasteiger partial charge in [0.2, 0.25) is 5.91 Å². The van der Waals surface area contributed by atoms with Crippen molar-refractivity contribution in [2.45, 2.75) is 18.4 Å². The van der Waals surface area contributed by atoms with Gasteiger partial charge < -0.3 is 5.32 Å². The number of hydrogen-bond acceptors (Lipinski definition) is 4. The van der Waals surface area contributed by atoms with E-state index in [9.17, 15) is 13.2 Å². The van der Waals surface area contributed by atoms with Gasteiger partial charge in [-0.25, -0.2) is 8.42 Å². The van der Waals surface area contributed by atoms with E-state index in [4.69, 9.17) is 11.6 Å². The Morgan fingerprint density at radius 3 is 2.45 bits per heavy atom. The monoisotopic (exact) mass is 429 g/mol. The van der Waals surface area contributed by atoms with E-state index in [1.165, 1.54) is 12.1 Å². The van der Waals surface area contributed by atoms with Gasteiger partial charge in [-0.1, -0.05) is 35.9 Å². The highest BCUT2D eigenvalue weighted by Gasteiger charge is 2.28. The number of amides is 1. The van der Waals surface area contributed by atoms with Crippen LogP contribution in [-0.2, 0) is 21.4 Å². The summed E-state index contributed by atoms with van der Waals surface area (Å²) < 4.78 is 27.7. The second-order valence-electron chi connectivity index (χ2n) is 6.39. The first kappa shape index (κ1) is 20.8. The van der Waals surface area contributed by atoms with Gasteiger partial charge in [-0.05, 0) is 54.4 Å². The number of sulfonamides is 1. The Morgan fingerprint density at radius 1 is 1.07 bits per heavy atom. The normalized spacial score (nSPS) is 11.1. The maximum atomic E-state index is 13.3. The number of hydrogen-bond donors (Lipinski definition) is 1. The molecule has 1 aromatic heterocycles. The van der Waals surface area contributed by atoms with Crippen molar-refractivity contribution in [1.82, 2.24) is 10.3 Å². The summed E-state index contributed by atoms with van der Waals surface area (Å²) in [5, 5.41) is 3.14. The number of carbonyl (C=O) groups is 1. The number of halogens is 1. The molecular weight excluding hydrogens is 410 g/mol. The lowest BCUT2D eigenvalue weighted by atomic mass is 10.2. The molecule has 0 aliphatic carbocycles. The molecule has 0 saturated carbocycles. The van der Waals surface area contributed by atoms with Gasteiger partial charge in [-0.2, -0.15) is 0 Å². The van der Waals surface area contributed by atoms with Crippen molar-refractivity contribution < 1.29 is 13.2 Å². The first-order valence-corrected chi connectivity index (χ1v) is 10.7. The minimum absolute atomic E-state index is 0.0984. The number of benzene rings is 2. The summed E-state index contributed by atoms with van der Waals surface area (Å²) in [6.07, 6.45) is 3.26. The molecule has 0 radical (unpaired) electrons. The van der Waals surface area contributed by atoms with E-state index in [2.05, 4.69) is 10.3 Å². The summed E-state index contributed by atoms with van der Waals surface area (Å²) in [5.41, 5.74) is 1.92. The van der Waals surface area contributed by atoms with Crippen LogP contribution in [0.3, 0.4) is 0 Å². The minimum Gasteiger partial charge on any atom is -0.350 e. The van der Waals surface area contributed by atoms with Crippen molar-refractivity contribution in [3.63, 3.8) is 0 Å². The lowest BCUT2D eigenvalue weighted by Gasteiger charge is -2.26. The molecule has 0 atom stereocenters. The molecule has 2 aromatic carbocycles. The van der Waals surface area contributed by atoms with Crippen LogP contribution in [0, 0.1) is 6.92 Å². The van der Waals surface area contributed by atoms with Gasteiger partial charge in [0, 0.05) is 24.0 Å². The Bertz CT molecular complexity index is 1090. The van der Waals surface area contributed by atoms with Gasteiger partial charge >= 0.3 is 0 Å². The molecule has 0 fully saturated rings. The van der Waals surface area contributed by atoms with Crippen LogP contribution in [0.25, 0.3) is 0 Å². The van der Waals surface area contributed by atoms with Crippen LogP contribution in [0.5, 0.6) is 0 Å². The maximum Gasteiger partial charge on any atom is 0.264 e. The second-order valence-corrected chi connectivity index (χ2v) is 8.69. The number of pyridine rings is 1. The first-order valence-electron chi connectivity index (χ1n) is 8.87. The summed E-state index contributed by atoms with van der Waals surface area (Å²) >= 11 is 6.11. The summed E-state index contributed by atoms with van der Waals surface area (Å²) in [5.74, 6) is -0.430. The molecule has 3 rings (SSSR count). The third-order valence-corrected chi connectivity index (χ3v) is 6.31. The van der Waals surface area contributed by atoms with E-state index in [1.54, 1.807) is 67.8 Å². The molecule has 0 unspecified atom stereocenters. The zero-order valence-corrected chi connectivity index (χ0v) is 17.3. The summed E-state index contributed by atoms with van der Waals surface area (Å²) in [7, 11) is -3.97. The lowest BCUT2D eigenvalue weighted by molar-refractivity contribution is -0.119. The zero-order valence-electron chi connectivity index (χ0n) is 15.7. The quantitative estimate of drug-likeness (QED) is 0.622. The highest BCUT2D eigenvalue weighted by Crippen LogP contribution is 2.29. The average Bonchev–Trinajstić information content (AvgIpc) is 2.73. The van der Waals surface area contributed by atoms with E-state index in [0.717, 1.165) is 9.87 Å². The van der Waals surface area contributed by atoms with E-state index in [1.807, 2.05) is 0 Å². The Morgan fingerprint density at radius 2 is 1.76 bits per heavy atom. The Balaban J connectivity index is 1.91. The van der Waals surface area contributed by atoms with Crippen molar-refractivity contribution in [2.75, 3.05) is 10.8 Å². The summed E-state index contributed by atoms with van der Waals surface area (Å²) in [6.45, 7) is 1.67. The highest BCUT2D eigenvalue weighted by atomic mass is 35.5. The molecule has 150 valence electrons. The fourth-order valence-electron chi connectivity index (χ4n) is 2.76. The number of aryl methyl sites for hydroxylation is 1. The smallest absolute Gasteiger partial charge is 0.264 e. The van der Waals surface area contributed by atoms with Crippen molar-refractivity contribution in [2.24, 2.45) is 0 Å². The van der Waals surface area contributed by atoms with Crippen molar-refractivity contribution in [3.05, 3.63) is 89.2 Å². The van der Waals surface area contributed by atoms with Crippen LogP contribution in [0.4, 0.5) is 5.69 Å². The summed E-state index contributed by atoms with van der Waals surface area (Å²) in [6, 6.07) is 16.5. The van der Waals surface area contributed by atoms with Gasteiger partial charge in [0.1, 0.15) is 6.54 Å². The molecule has 8 heteroatoms. The molecule has 3 aromatic rings. The van der Waals surface area contributed by atoms with Crippen molar-refractivity contribution in [3.8, 4) is 0 Å². The molecule has 1 N–H and O–H groups in total. The molecule has 0 aliphatic heterocycles. The van der Waals surface area contributed by atoms with Crippen LogP contribution >= 0.6 is 11.6 Å². The van der Waals surface area contributed by atoms with Gasteiger partial charge in [0.25, 0.3) is 10.0 Å². The number of nitrogens with zero attached hydrogens (tertiary/aromatic N) is 2. The van der Waals surface area contributed by atoms with Crippen LogP contribution in [0.1, 0.15) is 11.1 Å².